The number of carbonyl (C=O) groups is 5. The number of aliphatic carboxylic acids is 2. The van der Waals surface area contributed by atoms with Gasteiger partial charge < -0.3 is 35.8 Å². The van der Waals surface area contributed by atoms with Crippen LogP contribution in [0, 0.1) is 0 Å². The zero-order valence-electron chi connectivity index (χ0n) is 20.3. The molecule has 38 heavy (non-hydrogen) atoms. The maximum Gasteiger partial charge on any atom is 0.352 e. The minimum absolute atomic E-state index is 0.0547. The lowest BCUT2D eigenvalue weighted by Crippen LogP contribution is -2.80. The molecule has 3 unspecified atom stereocenters. The largest absolute Gasteiger partial charge is 0.508 e. The van der Waals surface area contributed by atoms with Crippen molar-refractivity contribution in [1.82, 2.24) is 10.2 Å². The van der Waals surface area contributed by atoms with Gasteiger partial charge in [-0.05, 0) is 36.6 Å². The Kier molecular flexibility index (Phi) is 9.14. The first-order valence-electron chi connectivity index (χ1n) is 11.4. The lowest BCUT2D eigenvalue weighted by Gasteiger charge is -2.55. The van der Waals surface area contributed by atoms with Gasteiger partial charge in [0.1, 0.15) is 29.5 Å². The predicted molar refractivity (Wildman–Crippen MR) is 133 cm³/mol. The average Bonchev–Trinajstić information content (AvgIpc) is 2.89. The van der Waals surface area contributed by atoms with Gasteiger partial charge in [-0.15, -0.1) is 11.8 Å². The van der Waals surface area contributed by atoms with Crippen molar-refractivity contribution in [1.29, 1.82) is 0 Å². The molecular weight excluding hydrogens is 522 g/mol. The number of phenols is 1. The summed E-state index contributed by atoms with van der Waals surface area (Å²) >= 11 is 1.13. The van der Waals surface area contributed by atoms with Crippen molar-refractivity contribution in [2.24, 2.45) is 5.73 Å². The number of nitrogens with two attached hydrogens (primary N) is 1. The number of benzene rings is 1. The molecule has 1 aromatic rings. The van der Waals surface area contributed by atoms with Crippen molar-refractivity contribution in [3.05, 3.63) is 47.2 Å². The van der Waals surface area contributed by atoms with E-state index in [4.69, 9.17) is 20.3 Å². The molecule has 0 spiro atoms. The van der Waals surface area contributed by atoms with Crippen LogP contribution in [0.3, 0.4) is 0 Å². The minimum atomic E-state index is -1.80. The van der Waals surface area contributed by atoms with Crippen LogP contribution >= 0.6 is 11.8 Å². The number of phenolic OH excluding ortho intramolecular Hbond substituents is 1. The molecule has 2 aliphatic rings. The number of amides is 2. The van der Waals surface area contributed by atoms with Crippen LogP contribution in [-0.2, 0) is 33.4 Å². The van der Waals surface area contributed by atoms with E-state index in [2.05, 4.69) is 5.32 Å². The van der Waals surface area contributed by atoms with E-state index in [1.807, 2.05) is 0 Å². The van der Waals surface area contributed by atoms with Crippen LogP contribution in [0.1, 0.15) is 24.8 Å². The van der Waals surface area contributed by atoms with Crippen LogP contribution in [0.25, 0.3) is 6.08 Å². The van der Waals surface area contributed by atoms with Crippen LogP contribution in [0.2, 0.25) is 0 Å². The third-order valence-corrected chi connectivity index (χ3v) is 7.26. The number of ether oxygens (including phenoxy) is 2. The number of carboxylic acid groups (broad SMARTS) is 2. The molecule has 0 saturated carbocycles. The fourth-order valence-electron chi connectivity index (χ4n) is 3.89. The lowest BCUT2D eigenvalue weighted by molar-refractivity contribution is -0.192. The molecule has 0 aromatic heterocycles. The van der Waals surface area contributed by atoms with Gasteiger partial charge in [-0.25, -0.2) is 9.59 Å². The second kappa shape index (κ2) is 12.1. The number of carboxylic acids is 2. The minimum Gasteiger partial charge on any atom is -0.508 e. The number of nitrogens with zero attached hydrogens (tertiary/aromatic N) is 1. The standard InChI is InChI=1S/C24H27N3O10S/c1-36-24(26-17(29)4-2-3-16(25)20(31)32)22(35)27-19(21(33)34)14(12-38-23(24)27)11-37-18(30)10-7-13-5-8-15(28)9-6-13/h5-10,16,23,28H,2-4,11-12,25H2,1H3,(H,26,29)(H,31,32)(H,33,34). The van der Waals surface area contributed by atoms with Gasteiger partial charge in [0.25, 0.3) is 11.6 Å². The molecule has 3 rings (SSSR count). The fraction of sp³-hybridized carbons (Fsp3) is 0.375. The van der Waals surface area contributed by atoms with Gasteiger partial charge in [-0.2, -0.15) is 0 Å². The van der Waals surface area contributed by atoms with Gasteiger partial charge in [-0.3, -0.25) is 19.3 Å². The quantitative estimate of drug-likeness (QED) is 0.103. The van der Waals surface area contributed by atoms with Crippen molar-refractivity contribution in [3.8, 4) is 5.75 Å². The molecule has 2 heterocycles. The van der Waals surface area contributed by atoms with E-state index in [9.17, 15) is 34.2 Å². The molecule has 0 aliphatic carbocycles. The molecule has 0 radical (unpaired) electrons. The molecular formula is C24H27N3O10S. The number of hydrogen-bond acceptors (Lipinski definition) is 10. The SMILES string of the molecule is COC1(NC(=O)CCCC(N)C(=O)O)C(=O)N2C(C(=O)O)=C(COC(=O)C=Cc3ccc(O)cc3)CSC21. The van der Waals surface area contributed by atoms with Crippen molar-refractivity contribution >= 4 is 47.6 Å². The maximum atomic E-state index is 13.1. The second-order valence-electron chi connectivity index (χ2n) is 8.45. The van der Waals surface area contributed by atoms with E-state index >= 15 is 0 Å². The number of thioether (sulfide) groups is 1. The van der Waals surface area contributed by atoms with Crippen LogP contribution < -0.4 is 11.1 Å². The van der Waals surface area contributed by atoms with E-state index in [1.165, 1.54) is 25.3 Å². The van der Waals surface area contributed by atoms with Crippen LogP contribution in [0.15, 0.2) is 41.6 Å². The molecule has 204 valence electrons. The molecule has 3 atom stereocenters. The van der Waals surface area contributed by atoms with Crippen molar-refractivity contribution in [2.45, 2.75) is 36.4 Å². The highest BCUT2D eigenvalue weighted by Gasteiger charge is 2.66. The number of hydrogen-bond donors (Lipinski definition) is 5. The van der Waals surface area contributed by atoms with Crippen molar-refractivity contribution in [3.63, 3.8) is 0 Å². The van der Waals surface area contributed by atoms with Crippen LogP contribution in [-0.4, -0.2) is 86.6 Å². The van der Waals surface area contributed by atoms with E-state index in [0.29, 0.717) is 5.56 Å². The Hall–Kier alpha value is -3.88. The molecule has 13 nitrogen and oxygen atoms in total. The molecule has 6 N–H and O–H groups in total. The smallest absolute Gasteiger partial charge is 0.352 e. The summed E-state index contributed by atoms with van der Waals surface area (Å²) < 4.78 is 10.5. The van der Waals surface area contributed by atoms with Crippen molar-refractivity contribution < 1.29 is 48.8 Å². The highest BCUT2D eigenvalue weighted by molar-refractivity contribution is 8.00. The summed E-state index contributed by atoms with van der Waals surface area (Å²) in [6.07, 6.45) is 2.71. The predicted octanol–water partition coefficient (Wildman–Crippen LogP) is 0.244. The number of nitrogens with one attached hydrogen (secondary N) is 1. The maximum absolute atomic E-state index is 13.1. The monoisotopic (exact) mass is 549 g/mol. The van der Waals surface area contributed by atoms with E-state index in [1.54, 1.807) is 12.1 Å². The van der Waals surface area contributed by atoms with Crippen LogP contribution in [0.4, 0.5) is 0 Å². The number of carbonyl (C=O) groups excluding carboxylic acids is 3. The summed E-state index contributed by atoms with van der Waals surface area (Å²) in [5.41, 5.74) is 4.10. The highest BCUT2D eigenvalue weighted by Crippen LogP contribution is 2.46. The number of methoxy groups -OCH3 is 1. The summed E-state index contributed by atoms with van der Waals surface area (Å²) in [6.45, 7) is -0.375. The van der Waals surface area contributed by atoms with E-state index < -0.39 is 46.9 Å². The van der Waals surface area contributed by atoms with Gasteiger partial charge >= 0.3 is 17.9 Å². The van der Waals surface area contributed by atoms with E-state index in [-0.39, 0.29) is 48.6 Å². The third kappa shape index (κ3) is 6.15. The Morgan fingerprint density at radius 3 is 2.55 bits per heavy atom. The highest BCUT2D eigenvalue weighted by atomic mass is 32.2. The number of aromatic hydroxyl groups is 1. The van der Waals surface area contributed by atoms with Gasteiger partial charge in [0, 0.05) is 30.9 Å². The first kappa shape index (κ1) is 28.7. The number of fused-ring (bicyclic) bond motifs is 1. The molecule has 2 aliphatic heterocycles. The van der Waals surface area contributed by atoms with Crippen molar-refractivity contribution in [2.75, 3.05) is 19.5 Å². The summed E-state index contributed by atoms with van der Waals surface area (Å²) in [6, 6.07) is 4.96. The Morgan fingerprint density at radius 2 is 1.95 bits per heavy atom. The Balaban J connectivity index is 1.65. The first-order chi connectivity index (χ1) is 18.0. The zero-order valence-corrected chi connectivity index (χ0v) is 21.1. The van der Waals surface area contributed by atoms with Gasteiger partial charge in [0.2, 0.25) is 5.91 Å². The Morgan fingerprint density at radius 1 is 1.26 bits per heavy atom. The van der Waals surface area contributed by atoms with E-state index in [0.717, 1.165) is 22.7 Å². The van der Waals surface area contributed by atoms with Gasteiger partial charge in [0.05, 0.1) is 0 Å². The number of β-lactam (4-membered cyclic amide) rings is 1. The Bertz CT molecular complexity index is 1180. The summed E-state index contributed by atoms with van der Waals surface area (Å²) in [5, 5.41) is 29.6. The molecule has 0 bridgehead atoms. The Labute approximate surface area is 221 Å². The van der Waals surface area contributed by atoms with Gasteiger partial charge in [-0.1, -0.05) is 12.1 Å². The molecule has 1 fully saturated rings. The summed E-state index contributed by atoms with van der Waals surface area (Å²) in [4.78, 5) is 61.5. The van der Waals surface area contributed by atoms with Crippen LogP contribution in [0.5, 0.6) is 5.75 Å². The average molecular weight is 550 g/mol. The molecule has 1 aromatic carbocycles. The normalized spacial score (nSPS) is 21.5. The summed E-state index contributed by atoms with van der Waals surface area (Å²) in [5.74, 6) is -4.57. The molecule has 1 saturated heterocycles. The third-order valence-electron chi connectivity index (χ3n) is 5.89. The van der Waals surface area contributed by atoms with Gasteiger partial charge in [0.15, 0.2) is 0 Å². The fourth-order valence-corrected chi connectivity index (χ4v) is 5.31. The first-order valence-corrected chi connectivity index (χ1v) is 12.4. The number of rotatable bonds is 12. The zero-order chi connectivity index (χ0) is 28.0. The summed E-state index contributed by atoms with van der Waals surface area (Å²) in [7, 11) is 1.21. The lowest BCUT2D eigenvalue weighted by atomic mass is 9.97. The number of esters is 1. The molecule has 2 amide bonds. The topological polar surface area (TPSA) is 206 Å². The molecule has 14 heteroatoms. The second-order valence-corrected chi connectivity index (χ2v) is 9.52.